The summed E-state index contributed by atoms with van der Waals surface area (Å²) in [6, 6.07) is 10.3. The molecule has 2 fully saturated rings. The van der Waals surface area contributed by atoms with Gasteiger partial charge in [-0.3, -0.25) is 4.79 Å². The van der Waals surface area contributed by atoms with Crippen LogP contribution in [0, 0.1) is 0 Å². The summed E-state index contributed by atoms with van der Waals surface area (Å²) in [5.41, 5.74) is 1.29. The van der Waals surface area contributed by atoms with Crippen LogP contribution in [-0.4, -0.2) is 36.0 Å². The van der Waals surface area contributed by atoms with E-state index in [0.29, 0.717) is 5.91 Å². The van der Waals surface area contributed by atoms with Crippen molar-refractivity contribution in [2.75, 3.05) is 19.6 Å². The number of benzene rings is 1. The standard InChI is InChI=1S/C16H22N2O/c1-2-18-15(19)14(13-6-4-3-5-7-13)12-16(18)8-10-17-11-9-16/h3-7,14,17H,2,8-12H2,1H3/t14-/m1/s1. The lowest BCUT2D eigenvalue weighted by Crippen LogP contribution is -2.52. The molecule has 2 heterocycles. The molecule has 1 N–H and O–H groups in total. The quantitative estimate of drug-likeness (QED) is 0.881. The van der Waals surface area contributed by atoms with Gasteiger partial charge in [0, 0.05) is 12.1 Å². The van der Waals surface area contributed by atoms with Crippen molar-refractivity contribution < 1.29 is 4.79 Å². The van der Waals surface area contributed by atoms with E-state index in [0.717, 1.165) is 38.9 Å². The molecule has 0 aromatic heterocycles. The van der Waals surface area contributed by atoms with Crippen molar-refractivity contribution in [2.24, 2.45) is 0 Å². The molecule has 0 radical (unpaired) electrons. The van der Waals surface area contributed by atoms with Crippen molar-refractivity contribution in [2.45, 2.75) is 37.6 Å². The summed E-state index contributed by atoms with van der Waals surface area (Å²) in [4.78, 5) is 14.9. The fraction of sp³-hybridized carbons (Fsp3) is 0.562. The van der Waals surface area contributed by atoms with E-state index in [2.05, 4.69) is 29.3 Å². The first-order chi connectivity index (χ1) is 9.27. The Bertz CT molecular complexity index is 451. The van der Waals surface area contributed by atoms with Gasteiger partial charge in [-0.2, -0.15) is 0 Å². The number of hydrogen-bond donors (Lipinski definition) is 1. The Hall–Kier alpha value is -1.35. The maximum absolute atomic E-state index is 12.7. The molecule has 2 aliphatic rings. The van der Waals surface area contributed by atoms with E-state index in [1.807, 2.05) is 18.2 Å². The van der Waals surface area contributed by atoms with Crippen LogP contribution in [0.2, 0.25) is 0 Å². The van der Waals surface area contributed by atoms with Crippen LogP contribution in [0.25, 0.3) is 0 Å². The van der Waals surface area contributed by atoms with Crippen LogP contribution in [-0.2, 0) is 4.79 Å². The zero-order valence-corrected chi connectivity index (χ0v) is 11.6. The van der Waals surface area contributed by atoms with Gasteiger partial charge < -0.3 is 10.2 Å². The van der Waals surface area contributed by atoms with E-state index >= 15 is 0 Å². The molecule has 0 aliphatic carbocycles. The molecule has 1 atom stereocenters. The first-order valence-corrected chi connectivity index (χ1v) is 7.34. The van der Waals surface area contributed by atoms with Gasteiger partial charge in [-0.25, -0.2) is 0 Å². The van der Waals surface area contributed by atoms with E-state index < -0.39 is 0 Å². The third kappa shape index (κ3) is 2.06. The number of piperidine rings is 1. The van der Waals surface area contributed by atoms with Gasteiger partial charge in [0.05, 0.1) is 5.92 Å². The highest BCUT2D eigenvalue weighted by Crippen LogP contribution is 2.44. The van der Waals surface area contributed by atoms with Crippen LogP contribution in [0.3, 0.4) is 0 Å². The van der Waals surface area contributed by atoms with Gasteiger partial charge >= 0.3 is 0 Å². The highest BCUT2D eigenvalue weighted by atomic mass is 16.2. The average molecular weight is 258 g/mol. The number of likely N-dealkylation sites (tertiary alicyclic amines) is 1. The Morgan fingerprint density at radius 3 is 2.58 bits per heavy atom. The van der Waals surface area contributed by atoms with Gasteiger partial charge in [0.15, 0.2) is 0 Å². The lowest BCUT2D eigenvalue weighted by molar-refractivity contribution is -0.132. The summed E-state index contributed by atoms with van der Waals surface area (Å²) in [5, 5.41) is 3.41. The molecular weight excluding hydrogens is 236 g/mol. The minimum atomic E-state index is 0.0687. The van der Waals surface area contributed by atoms with Crippen LogP contribution >= 0.6 is 0 Å². The number of carbonyl (C=O) groups is 1. The average Bonchev–Trinajstić information content (AvgIpc) is 2.73. The molecule has 0 unspecified atom stereocenters. The minimum Gasteiger partial charge on any atom is -0.337 e. The van der Waals surface area contributed by atoms with Crippen LogP contribution in [0.1, 0.15) is 37.7 Å². The second kappa shape index (κ2) is 4.97. The summed E-state index contributed by atoms with van der Waals surface area (Å²) in [7, 11) is 0. The zero-order chi connectivity index (χ0) is 13.3. The third-order valence-corrected chi connectivity index (χ3v) is 4.77. The lowest BCUT2D eigenvalue weighted by atomic mass is 9.82. The number of rotatable bonds is 2. The third-order valence-electron chi connectivity index (χ3n) is 4.77. The van der Waals surface area contributed by atoms with Crippen molar-refractivity contribution >= 4 is 5.91 Å². The van der Waals surface area contributed by atoms with Crippen molar-refractivity contribution in [3.63, 3.8) is 0 Å². The minimum absolute atomic E-state index is 0.0687. The number of hydrogen-bond acceptors (Lipinski definition) is 2. The first-order valence-electron chi connectivity index (χ1n) is 7.34. The normalized spacial score (nSPS) is 26.1. The predicted molar refractivity (Wildman–Crippen MR) is 76.0 cm³/mol. The smallest absolute Gasteiger partial charge is 0.230 e. The lowest BCUT2D eigenvalue weighted by Gasteiger charge is -2.41. The van der Waals surface area contributed by atoms with E-state index in [1.54, 1.807) is 0 Å². The Morgan fingerprint density at radius 2 is 1.95 bits per heavy atom. The van der Waals surface area contributed by atoms with Crippen LogP contribution in [0.5, 0.6) is 0 Å². The van der Waals surface area contributed by atoms with Crippen molar-refractivity contribution in [1.82, 2.24) is 10.2 Å². The van der Waals surface area contributed by atoms with E-state index in [1.165, 1.54) is 5.56 Å². The molecule has 3 nitrogen and oxygen atoms in total. The fourth-order valence-electron chi connectivity index (χ4n) is 3.80. The number of amides is 1. The van der Waals surface area contributed by atoms with Gasteiger partial charge in [0.2, 0.25) is 5.91 Å². The fourth-order valence-corrected chi connectivity index (χ4v) is 3.80. The molecular formula is C16H22N2O. The SMILES string of the molecule is CCN1C(=O)[C@@H](c2ccccc2)CC12CCNCC2. The second-order valence-electron chi connectivity index (χ2n) is 5.72. The number of nitrogens with zero attached hydrogens (tertiary/aromatic N) is 1. The van der Waals surface area contributed by atoms with E-state index in [4.69, 9.17) is 0 Å². The maximum Gasteiger partial charge on any atom is 0.230 e. The summed E-state index contributed by atoms with van der Waals surface area (Å²) in [6.45, 7) is 5.01. The van der Waals surface area contributed by atoms with Crippen molar-refractivity contribution in [3.05, 3.63) is 35.9 Å². The first kappa shape index (κ1) is 12.7. The predicted octanol–water partition coefficient (Wildman–Crippen LogP) is 2.14. The molecule has 3 rings (SSSR count). The molecule has 1 spiro atoms. The second-order valence-corrected chi connectivity index (χ2v) is 5.72. The van der Waals surface area contributed by atoms with E-state index in [9.17, 15) is 4.79 Å². The Balaban J connectivity index is 1.91. The molecule has 19 heavy (non-hydrogen) atoms. The molecule has 1 aromatic rings. The highest BCUT2D eigenvalue weighted by Gasteiger charge is 2.50. The summed E-state index contributed by atoms with van der Waals surface area (Å²) in [5.74, 6) is 0.398. The van der Waals surface area contributed by atoms with Crippen molar-refractivity contribution in [3.8, 4) is 0 Å². The summed E-state index contributed by atoms with van der Waals surface area (Å²) in [6.07, 6.45) is 3.18. The largest absolute Gasteiger partial charge is 0.337 e. The van der Waals surface area contributed by atoms with Crippen molar-refractivity contribution in [1.29, 1.82) is 0 Å². The number of carbonyl (C=O) groups excluding carboxylic acids is 1. The molecule has 0 saturated carbocycles. The molecule has 2 saturated heterocycles. The highest BCUT2D eigenvalue weighted by molar-refractivity contribution is 5.87. The molecule has 3 heteroatoms. The topological polar surface area (TPSA) is 32.3 Å². The van der Waals surface area contributed by atoms with Gasteiger partial charge in [-0.1, -0.05) is 30.3 Å². The van der Waals surface area contributed by atoms with Gasteiger partial charge in [-0.05, 0) is 44.8 Å². The summed E-state index contributed by atoms with van der Waals surface area (Å²) >= 11 is 0. The Morgan fingerprint density at radius 1 is 1.26 bits per heavy atom. The maximum atomic E-state index is 12.7. The number of nitrogens with one attached hydrogen (secondary N) is 1. The monoisotopic (exact) mass is 258 g/mol. The Labute approximate surface area is 115 Å². The molecule has 1 aromatic carbocycles. The van der Waals surface area contributed by atoms with E-state index in [-0.39, 0.29) is 11.5 Å². The molecule has 102 valence electrons. The molecule has 0 bridgehead atoms. The van der Waals surface area contributed by atoms with Gasteiger partial charge in [-0.15, -0.1) is 0 Å². The van der Waals surface area contributed by atoms with Crippen LogP contribution in [0.15, 0.2) is 30.3 Å². The Kier molecular flexibility index (Phi) is 3.31. The molecule has 2 aliphatic heterocycles. The van der Waals surface area contributed by atoms with Gasteiger partial charge in [0.1, 0.15) is 0 Å². The number of likely N-dealkylation sites (N-methyl/N-ethyl adjacent to an activating group) is 1. The summed E-state index contributed by atoms with van der Waals surface area (Å²) < 4.78 is 0. The zero-order valence-electron chi connectivity index (χ0n) is 11.6. The van der Waals surface area contributed by atoms with Crippen LogP contribution < -0.4 is 5.32 Å². The molecule has 1 amide bonds. The van der Waals surface area contributed by atoms with Gasteiger partial charge in [0.25, 0.3) is 0 Å². The van der Waals surface area contributed by atoms with Crippen LogP contribution in [0.4, 0.5) is 0 Å².